The van der Waals surface area contributed by atoms with Gasteiger partial charge in [0, 0.05) is 11.4 Å². The first kappa shape index (κ1) is 22.8. The average molecular weight is 458 g/mol. The summed E-state index contributed by atoms with van der Waals surface area (Å²) in [5.74, 6) is -1.52. The number of rotatable bonds is 8. The zero-order chi connectivity index (χ0) is 23.1. The van der Waals surface area contributed by atoms with Crippen molar-refractivity contribution in [3.63, 3.8) is 0 Å². The molecule has 10 heteroatoms. The third kappa shape index (κ3) is 6.05. The predicted molar refractivity (Wildman–Crippen MR) is 116 cm³/mol. The Kier molecular flexibility index (Phi) is 7.06. The van der Waals surface area contributed by atoms with Crippen LogP contribution in [0, 0.1) is 5.82 Å². The maximum atomic E-state index is 13.2. The Hall–Kier alpha value is -3.92. The Morgan fingerprint density at radius 2 is 1.66 bits per heavy atom. The van der Waals surface area contributed by atoms with Crippen molar-refractivity contribution in [3.8, 4) is 5.75 Å². The maximum Gasteiger partial charge on any atom is 0.338 e. The number of esters is 1. The highest BCUT2D eigenvalue weighted by molar-refractivity contribution is 7.92. The summed E-state index contributed by atoms with van der Waals surface area (Å²) in [6, 6.07) is 16.7. The fourth-order valence-electron chi connectivity index (χ4n) is 2.64. The van der Waals surface area contributed by atoms with Gasteiger partial charge in [-0.05, 0) is 60.7 Å². The number of ether oxygens (including phenoxy) is 2. The zero-order valence-corrected chi connectivity index (χ0v) is 17.7. The summed E-state index contributed by atoms with van der Waals surface area (Å²) in [5.41, 5.74) is 0.470. The summed E-state index contributed by atoms with van der Waals surface area (Å²) in [6.45, 7) is -0.629. The molecule has 0 saturated heterocycles. The molecule has 0 bridgehead atoms. The van der Waals surface area contributed by atoms with Gasteiger partial charge in [0.25, 0.3) is 15.9 Å². The van der Waals surface area contributed by atoms with Crippen LogP contribution in [-0.2, 0) is 19.6 Å². The van der Waals surface area contributed by atoms with Gasteiger partial charge in [0.1, 0.15) is 11.6 Å². The van der Waals surface area contributed by atoms with E-state index in [1.807, 2.05) is 0 Å². The number of methoxy groups -OCH3 is 1. The van der Waals surface area contributed by atoms with E-state index in [4.69, 9.17) is 9.47 Å². The van der Waals surface area contributed by atoms with E-state index in [1.165, 1.54) is 55.6 Å². The minimum Gasteiger partial charge on any atom is -0.497 e. The van der Waals surface area contributed by atoms with Gasteiger partial charge >= 0.3 is 5.97 Å². The van der Waals surface area contributed by atoms with Crippen molar-refractivity contribution >= 4 is 33.3 Å². The highest BCUT2D eigenvalue weighted by Gasteiger charge is 2.18. The topological polar surface area (TPSA) is 111 Å². The van der Waals surface area contributed by atoms with E-state index in [0.29, 0.717) is 11.4 Å². The van der Waals surface area contributed by atoms with Gasteiger partial charge < -0.3 is 14.8 Å². The quantitative estimate of drug-likeness (QED) is 0.501. The third-order valence-corrected chi connectivity index (χ3v) is 5.54. The molecule has 32 heavy (non-hydrogen) atoms. The molecule has 3 rings (SSSR count). The van der Waals surface area contributed by atoms with Crippen LogP contribution < -0.4 is 14.8 Å². The molecule has 0 radical (unpaired) electrons. The zero-order valence-electron chi connectivity index (χ0n) is 16.9. The van der Waals surface area contributed by atoms with E-state index >= 15 is 0 Å². The fourth-order valence-corrected chi connectivity index (χ4v) is 3.75. The van der Waals surface area contributed by atoms with Crippen LogP contribution in [0.4, 0.5) is 15.8 Å². The maximum absolute atomic E-state index is 13.2. The molecule has 3 aromatic rings. The minimum absolute atomic E-state index is 0.0545. The highest BCUT2D eigenvalue weighted by Crippen LogP contribution is 2.20. The second-order valence-electron chi connectivity index (χ2n) is 6.50. The molecule has 0 spiro atoms. The van der Waals surface area contributed by atoms with E-state index in [9.17, 15) is 22.4 Å². The third-order valence-electron chi connectivity index (χ3n) is 4.17. The SMILES string of the molecule is COc1ccc(NS(=O)(=O)c2cccc(C(=O)OCC(=O)Nc3cccc(F)c3)c2)cc1. The van der Waals surface area contributed by atoms with Crippen molar-refractivity contribution in [1.29, 1.82) is 0 Å². The van der Waals surface area contributed by atoms with E-state index in [-0.39, 0.29) is 16.1 Å². The lowest BCUT2D eigenvalue weighted by Gasteiger charge is -2.10. The molecule has 166 valence electrons. The van der Waals surface area contributed by atoms with Crippen LogP contribution in [-0.4, -0.2) is 34.0 Å². The number of amides is 1. The Labute approximate surface area is 184 Å². The van der Waals surface area contributed by atoms with Gasteiger partial charge in [-0.3, -0.25) is 9.52 Å². The molecular formula is C22H19FN2O6S. The van der Waals surface area contributed by atoms with Crippen LogP contribution >= 0.6 is 0 Å². The lowest BCUT2D eigenvalue weighted by Crippen LogP contribution is -2.21. The fraction of sp³-hybridized carbons (Fsp3) is 0.0909. The van der Waals surface area contributed by atoms with Crippen molar-refractivity contribution in [1.82, 2.24) is 0 Å². The van der Waals surface area contributed by atoms with Gasteiger partial charge in [0.2, 0.25) is 0 Å². The van der Waals surface area contributed by atoms with Crippen molar-refractivity contribution in [3.05, 3.63) is 84.2 Å². The number of carbonyl (C=O) groups is 2. The lowest BCUT2D eigenvalue weighted by molar-refractivity contribution is -0.119. The van der Waals surface area contributed by atoms with E-state index in [2.05, 4.69) is 10.0 Å². The molecule has 3 aromatic carbocycles. The molecule has 0 aliphatic rings. The molecule has 0 unspecified atom stereocenters. The number of carbonyl (C=O) groups excluding carboxylic acids is 2. The summed E-state index contributed by atoms with van der Waals surface area (Å²) in [7, 11) is -2.48. The van der Waals surface area contributed by atoms with Gasteiger partial charge in [0.15, 0.2) is 6.61 Å². The Morgan fingerprint density at radius 1 is 0.938 bits per heavy atom. The van der Waals surface area contributed by atoms with Crippen LogP contribution in [0.5, 0.6) is 5.75 Å². The van der Waals surface area contributed by atoms with Crippen molar-refractivity contribution < 1.29 is 31.9 Å². The number of hydrogen-bond donors (Lipinski definition) is 2. The normalized spacial score (nSPS) is 10.8. The molecule has 0 fully saturated rings. The molecule has 8 nitrogen and oxygen atoms in total. The molecule has 0 heterocycles. The number of halogens is 1. The lowest BCUT2D eigenvalue weighted by atomic mass is 10.2. The van der Waals surface area contributed by atoms with Gasteiger partial charge in [0.05, 0.1) is 17.6 Å². The van der Waals surface area contributed by atoms with Crippen LogP contribution in [0.2, 0.25) is 0 Å². The van der Waals surface area contributed by atoms with Crippen molar-refractivity contribution in [2.45, 2.75) is 4.90 Å². The molecule has 0 aliphatic carbocycles. The summed E-state index contributed by atoms with van der Waals surface area (Å²) in [5, 5.41) is 2.39. The summed E-state index contributed by atoms with van der Waals surface area (Å²) in [4.78, 5) is 24.0. The Morgan fingerprint density at radius 3 is 2.34 bits per heavy atom. The Bertz CT molecular complexity index is 1230. The monoisotopic (exact) mass is 458 g/mol. The van der Waals surface area contributed by atoms with Gasteiger partial charge in [-0.25, -0.2) is 17.6 Å². The summed E-state index contributed by atoms with van der Waals surface area (Å²) in [6.07, 6.45) is 0. The second-order valence-corrected chi connectivity index (χ2v) is 8.18. The van der Waals surface area contributed by atoms with Crippen LogP contribution in [0.25, 0.3) is 0 Å². The van der Waals surface area contributed by atoms with Crippen molar-refractivity contribution in [2.24, 2.45) is 0 Å². The van der Waals surface area contributed by atoms with Crippen LogP contribution in [0.15, 0.2) is 77.7 Å². The smallest absolute Gasteiger partial charge is 0.338 e. The molecule has 2 N–H and O–H groups in total. The van der Waals surface area contributed by atoms with Crippen molar-refractivity contribution in [2.75, 3.05) is 23.8 Å². The first-order valence-electron chi connectivity index (χ1n) is 9.26. The highest BCUT2D eigenvalue weighted by atomic mass is 32.2. The first-order valence-corrected chi connectivity index (χ1v) is 10.7. The molecule has 0 aliphatic heterocycles. The molecule has 0 atom stereocenters. The first-order chi connectivity index (χ1) is 15.3. The largest absolute Gasteiger partial charge is 0.497 e. The standard InChI is InChI=1S/C22H19FN2O6S/c1-30-19-10-8-17(9-11-19)25-32(28,29)20-7-2-4-15(12-20)22(27)31-14-21(26)24-18-6-3-5-16(23)13-18/h2-13,25H,14H2,1H3,(H,24,26). The molecule has 1 amide bonds. The van der Waals surface area contributed by atoms with Gasteiger partial charge in [-0.2, -0.15) is 0 Å². The number of sulfonamides is 1. The average Bonchev–Trinajstić information content (AvgIpc) is 2.78. The molecule has 0 aromatic heterocycles. The van der Waals surface area contributed by atoms with E-state index < -0.39 is 34.3 Å². The Balaban J connectivity index is 1.63. The van der Waals surface area contributed by atoms with Crippen LogP contribution in [0.1, 0.15) is 10.4 Å². The molecule has 0 saturated carbocycles. The second kappa shape index (κ2) is 9.92. The van der Waals surface area contributed by atoms with Gasteiger partial charge in [-0.15, -0.1) is 0 Å². The van der Waals surface area contributed by atoms with E-state index in [1.54, 1.807) is 12.1 Å². The number of nitrogens with one attached hydrogen (secondary N) is 2. The summed E-state index contributed by atoms with van der Waals surface area (Å²) < 4.78 is 50.8. The number of anilines is 2. The molecular weight excluding hydrogens is 439 g/mol. The summed E-state index contributed by atoms with van der Waals surface area (Å²) >= 11 is 0. The van der Waals surface area contributed by atoms with E-state index in [0.717, 1.165) is 12.1 Å². The van der Waals surface area contributed by atoms with Gasteiger partial charge in [-0.1, -0.05) is 12.1 Å². The number of benzene rings is 3. The number of hydrogen-bond acceptors (Lipinski definition) is 6. The van der Waals surface area contributed by atoms with Crippen LogP contribution in [0.3, 0.4) is 0 Å². The minimum atomic E-state index is -3.98. The predicted octanol–water partition coefficient (Wildman–Crippen LogP) is 3.43.